The molecule has 2 aliphatic rings. The molecule has 0 bridgehead atoms. The number of hydrogen-bond donors (Lipinski definition) is 2. The molecule has 0 unspecified atom stereocenters. The van der Waals surface area contributed by atoms with Crippen LogP contribution in [0.15, 0.2) is 6.33 Å². The second-order valence-electron chi connectivity index (χ2n) is 4.28. The fourth-order valence-corrected chi connectivity index (χ4v) is 2.24. The van der Waals surface area contributed by atoms with Crippen molar-refractivity contribution < 1.29 is 4.74 Å². The first-order valence-electron chi connectivity index (χ1n) is 5.81. The highest BCUT2D eigenvalue weighted by molar-refractivity contribution is 5.47. The predicted octanol–water partition coefficient (Wildman–Crippen LogP) is 0.323. The van der Waals surface area contributed by atoms with Crippen LogP contribution in [0.2, 0.25) is 0 Å². The van der Waals surface area contributed by atoms with E-state index in [1.54, 1.807) is 6.33 Å². The van der Waals surface area contributed by atoms with Gasteiger partial charge in [0.15, 0.2) is 0 Å². The summed E-state index contributed by atoms with van der Waals surface area (Å²) in [7, 11) is 0. The summed E-state index contributed by atoms with van der Waals surface area (Å²) in [6.07, 6.45) is 3.71. The third kappa shape index (κ3) is 1.88. The highest BCUT2D eigenvalue weighted by atomic mass is 16.5. The Bertz CT molecular complexity index is 376. The maximum atomic E-state index is 5.35. The van der Waals surface area contributed by atoms with Gasteiger partial charge in [-0.05, 0) is 6.42 Å². The van der Waals surface area contributed by atoms with Gasteiger partial charge in [-0.3, -0.25) is 0 Å². The van der Waals surface area contributed by atoms with Crippen LogP contribution in [0.5, 0.6) is 0 Å². The van der Waals surface area contributed by atoms with E-state index in [4.69, 9.17) is 4.74 Å². The zero-order chi connectivity index (χ0) is 10.8. The maximum Gasteiger partial charge on any atom is 0.134 e. The van der Waals surface area contributed by atoms with Crippen LogP contribution in [0.25, 0.3) is 0 Å². The summed E-state index contributed by atoms with van der Waals surface area (Å²) < 4.78 is 5.35. The lowest BCUT2D eigenvalue weighted by Gasteiger charge is -2.20. The molecule has 0 amide bonds. The Balaban J connectivity index is 1.82. The first kappa shape index (κ1) is 9.99. The quantitative estimate of drug-likeness (QED) is 0.752. The van der Waals surface area contributed by atoms with Gasteiger partial charge in [-0.2, -0.15) is 0 Å². The summed E-state index contributed by atoms with van der Waals surface area (Å²) in [5, 5.41) is 6.81. The Morgan fingerprint density at radius 3 is 3.31 bits per heavy atom. The van der Waals surface area contributed by atoms with Gasteiger partial charge in [0.25, 0.3) is 0 Å². The molecular formula is C11H16N4O. The summed E-state index contributed by atoms with van der Waals surface area (Å²) in [5.41, 5.74) is 2.40. The Morgan fingerprint density at radius 1 is 1.44 bits per heavy atom. The van der Waals surface area contributed by atoms with Crippen LogP contribution in [-0.2, 0) is 17.7 Å². The number of aromatic nitrogens is 2. The van der Waals surface area contributed by atoms with Crippen molar-refractivity contribution in [3.05, 3.63) is 17.6 Å². The van der Waals surface area contributed by atoms with E-state index in [-0.39, 0.29) is 0 Å². The highest BCUT2D eigenvalue weighted by Gasteiger charge is 2.20. The summed E-state index contributed by atoms with van der Waals surface area (Å²) in [6, 6.07) is 0.404. The number of fused-ring (bicyclic) bond motifs is 1. The van der Waals surface area contributed by atoms with Crippen LogP contribution >= 0.6 is 0 Å². The molecule has 5 heteroatoms. The van der Waals surface area contributed by atoms with Crippen molar-refractivity contribution in [3.63, 3.8) is 0 Å². The fraction of sp³-hybridized carbons (Fsp3) is 0.636. The van der Waals surface area contributed by atoms with Crippen LogP contribution < -0.4 is 10.6 Å². The van der Waals surface area contributed by atoms with Crippen LogP contribution in [-0.4, -0.2) is 35.8 Å². The van der Waals surface area contributed by atoms with E-state index in [0.717, 1.165) is 45.0 Å². The summed E-state index contributed by atoms with van der Waals surface area (Å²) in [4.78, 5) is 8.67. The molecule has 1 saturated heterocycles. The van der Waals surface area contributed by atoms with E-state index in [0.29, 0.717) is 6.04 Å². The Morgan fingerprint density at radius 2 is 2.44 bits per heavy atom. The van der Waals surface area contributed by atoms with Crippen molar-refractivity contribution in [3.8, 4) is 0 Å². The van der Waals surface area contributed by atoms with Gasteiger partial charge in [0.1, 0.15) is 12.1 Å². The van der Waals surface area contributed by atoms with Gasteiger partial charge in [-0.25, -0.2) is 9.97 Å². The van der Waals surface area contributed by atoms with Gasteiger partial charge >= 0.3 is 0 Å². The topological polar surface area (TPSA) is 59.1 Å². The number of anilines is 1. The first-order chi connectivity index (χ1) is 7.93. The summed E-state index contributed by atoms with van der Waals surface area (Å²) >= 11 is 0. The van der Waals surface area contributed by atoms with Crippen molar-refractivity contribution >= 4 is 5.82 Å². The van der Waals surface area contributed by atoms with E-state index in [1.165, 1.54) is 11.3 Å². The smallest absolute Gasteiger partial charge is 0.134 e. The molecule has 0 aliphatic carbocycles. The number of rotatable bonds is 2. The lowest BCUT2D eigenvalue weighted by atomic mass is 10.1. The molecule has 1 fully saturated rings. The molecule has 0 spiro atoms. The largest absolute Gasteiger partial charge is 0.379 e. The van der Waals surface area contributed by atoms with Crippen molar-refractivity contribution in [2.24, 2.45) is 0 Å². The lowest BCUT2D eigenvalue weighted by Crippen LogP contribution is -2.28. The second-order valence-corrected chi connectivity index (χ2v) is 4.28. The van der Waals surface area contributed by atoms with Gasteiger partial charge < -0.3 is 15.4 Å². The van der Waals surface area contributed by atoms with Gasteiger partial charge in [-0.1, -0.05) is 0 Å². The first-order valence-corrected chi connectivity index (χ1v) is 5.81. The van der Waals surface area contributed by atoms with Crippen molar-refractivity contribution in [1.29, 1.82) is 0 Å². The van der Waals surface area contributed by atoms with Gasteiger partial charge in [-0.15, -0.1) is 0 Å². The molecule has 2 N–H and O–H groups in total. The monoisotopic (exact) mass is 220 g/mol. The molecule has 5 nitrogen and oxygen atoms in total. The molecule has 1 atom stereocenters. The van der Waals surface area contributed by atoms with Crippen LogP contribution in [0.4, 0.5) is 5.82 Å². The third-order valence-electron chi connectivity index (χ3n) is 3.15. The van der Waals surface area contributed by atoms with Gasteiger partial charge in [0.05, 0.1) is 18.3 Å². The molecule has 0 saturated carbocycles. The third-order valence-corrected chi connectivity index (χ3v) is 3.15. The zero-order valence-corrected chi connectivity index (χ0v) is 9.20. The average Bonchev–Trinajstić information content (AvgIpc) is 2.82. The van der Waals surface area contributed by atoms with Crippen molar-refractivity contribution in [2.45, 2.75) is 25.4 Å². The fourth-order valence-electron chi connectivity index (χ4n) is 2.24. The van der Waals surface area contributed by atoms with Gasteiger partial charge in [0.2, 0.25) is 0 Å². The highest BCUT2D eigenvalue weighted by Crippen LogP contribution is 2.20. The predicted molar refractivity (Wildman–Crippen MR) is 60.3 cm³/mol. The Labute approximate surface area is 94.6 Å². The van der Waals surface area contributed by atoms with E-state index < -0.39 is 0 Å². The molecule has 3 rings (SSSR count). The molecule has 3 heterocycles. The zero-order valence-electron chi connectivity index (χ0n) is 9.20. The molecule has 0 aromatic carbocycles. The number of ether oxygens (including phenoxy) is 1. The molecule has 1 aromatic rings. The number of nitrogens with zero attached hydrogens (tertiary/aromatic N) is 2. The Hall–Kier alpha value is -1.20. The van der Waals surface area contributed by atoms with E-state index in [9.17, 15) is 0 Å². The normalized spacial score (nSPS) is 24.1. The SMILES string of the molecule is c1nc2c(c(N[C@H]3CCOC3)n1)CNCC2. The van der Waals surface area contributed by atoms with E-state index in [1.807, 2.05) is 0 Å². The molecule has 16 heavy (non-hydrogen) atoms. The maximum absolute atomic E-state index is 5.35. The van der Waals surface area contributed by atoms with Crippen LogP contribution in [0, 0.1) is 0 Å². The lowest BCUT2D eigenvalue weighted by molar-refractivity contribution is 0.195. The molecular weight excluding hydrogens is 204 g/mol. The average molecular weight is 220 g/mol. The standard InChI is InChI=1S/C11H16N4O/c1-3-12-5-9-10(1)13-7-14-11(9)15-8-2-4-16-6-8/h7-8,12H,1-6H2,(H,13,14,15)/t8-/m0/s1. The molecule has 0 radical (unpaired) electrons. The van der Waals surface area contributed by atoms with E-state index in [2.05, 4.69) is 20.6 Å². The summed E-state index contributed by atoms with van der Waals surface area (Å²) in [5.74, 6) is 0.979. The number of nitrogens with one attached hydrogen (secondary N) is 2. The van der Waals surface area contributed by atoms with E-state index >= 15 is 0 Å². The number of hydrogen-bond acceptors (Lipinski definition) is 5. The van der Waals surface area contributed by atoms with Gasteiger partial charge in [0, 0.05) is 31.7 Å². The molecule has 2 aliphatic heterocycles. The van der Waals surface area contributed by atoms with Crippen LogP contribution in [0.1, 0.15) is 17.7 Å². The molecule has 86 valence electrons. The second kappa shape index (κ2) is 4.35. The van der Waals surface area contributed by atoms with Crippen LogP contribution in [0.3, 0.4) is 0 Å². The Kier molecular flexibility index (Phi) is 2.71. The van der Waals surface area contributed by atoms with Crippen molar-refractivity contribution in [1.82, 2.24) is 15.3 Å². The molecule has 1 aromatic heterocycles. The minimum Gasteiger partial charge on any atom is -0.379 e. The minimum atomic E-state index is 0.404. The minimum absolute atomic E-state index is 0.404. The van der Waals surface area contributed by atoms with Crippen molar-refractivity contribution in [2.75, 3.05) is 25.1 Å². The summed E-state index contributed by atoms with van der Waals surface area (Å²) in [6.45, 7) is 3.51.